The van der Waals surface area contributed by atoms with Gasteiger partial charge in [0.25, 0.3) is 0 Å². The Morgan fingerprint density at radius 3 is 2.57 bits per heavy atom. The van der Waals surface area contributed by atoms with E-state index < -0.39 is 0 Å². The van der Waals surface area contributed by atoms with E-state index in [0.717, 1.165) is 17.8 Å². The molecule has 0 saturated heterocycles. The summed E-state index contributed by atoms with van der Waals surface area (Å²) in [5, 5.41) is 7.47. The Balaban J connectivity index is 1.83. The standard InChI is InChI=1S/C17H23N3O/c1-17(2,3)13-16(21)18-11-9-14-10-12-20(19-14)15-7-5-4-6-8-15/h4-8,10,12H,9,11,13H2,1-3H3,(H,18,21). The topological polar surface area (TPSA) is 46.9 Å². The van der Waals surface area contributed by atoms with Crippen LogP contribution in [0.1, 0.15) is 32.9 Å². The van der Waals surface area contributed by atoms with Crippen molar-refractivity contribution in [2.75, 3.05) is 6.54 Å². The van der Waals surface area contributed by atoms with Crippen LogP contribution in [0.5, 0.6) is 0 Å². The van der Waals surface area contributed by atoms with E-state index in [9.17, 15) is 4.79 Å². The highest BCUT2D eigenvalue weighted by molar-refractivity contribution is 5.76. The van der Waals surface area contributed by atoms with Crippen LogP contribution in [-0.2, 0) is 11.2 Å². The van der Waals surface area contributed by atoms with E-state index in [1.165, 1.54) is 0 Å². The molecule has 0 aliphatic rings. The van der Waals surface area contributed by atoms with E-state index in [-0.39, 0.29) is 11.3 Å². The first kappa shape index (κ1) is 15.3. The number of hydrogen-bond acceptors (Lipinski definition) is 2. The van der Waals surface area contributed by atoms with Gasteiger partial charge < -0.3 is 5.32 Å². The van der Waals surface area contributed by atoms with Gasteiger partial charge in [-0.1, -0.05) is 39.0 Å². The molecule has 0 atom stereocenters. The maximum absolute atomic E-state index is 11.7. The lowest BCUT2D eigenvalue weighted by molar-refractivity contribution is -0.122. The maximum Gasteiger partial charge on any atom is 0.220 e. The van der Waals surface area contributed by atoms with Gasteiger partial charge in [0.15, 0.2) is 0 Å². The molecule has 0 aliphatic heterocycles. The number of hydrogen-bond donors (Lipinski definition) is 1. The van der Waals surface area contributed by atoms with Crippen LogP contribution in [0.15, 0.2) is 42.6 Å². The third-order valence-electron chi connectivity index (χ3n) is 3.06. The van der Waals surface area contributed by atoms with Crippen LogP contribution in [0.2, 0.25) is 0 Å². The molecular weight excluding hydrogens is 262 g/mol. The molecule has 4 heteroatoms. The first-order valence-electron chi connectivity index (χ1n) is 7.31. The number of nitrogens with zero attached hydrogens (tertiary/aromatic N) is 2. The number of carbonyl (C=O) groups excluding carboxylic acids is 1. The Hall–Kier alpha value is -2.10. The van der Waals surface area contributed by atoms with E-state index in [0.29, 0.717) is 13.0 Å². The van der Waals surface area contributed by atoms with Gasteiger partial charge >= 0.3 is 0 Å². The molecule has 1 aromatic heterocycles. The second kappa shape index (κ2) is 6.57. The summed E-state index contributed by atoms with van der Waals surface area (Å²) < 4.78 is 1.85. The van der Waals surface area contributed by atoms with Crippen LogP contribution in [0.25, 0.3) is 5.69 Å². The summed E-state index contributed by atoms with van der Waals surface area (Å²) in [6.07, 6.45) is 3.24. The zero-order valence-corrected chi connectivity index (χ0v) is 13.0. The van der Waals surface area contributed by atoms with E-state index in [1.54, 1.807) is 0 Å². The van der Waals surface area contributed by atoms with Gasteiger partial charge in [0.05, 0.1) is 11.4 Å². The van der Waals surface area contributed by atoms with Gasteiger partial charge in [-0.2, -0.15) is 5.10 Å². The number of nitrogens with one attached hydrogen (secondary N) is 1. The molecular formula is C17H23N3O. The smallest absolute Gasteiger partial charge is 0.220 e. The van der Waals surface area contributed by atoms with E-state index >= 15 is 0 Å². The fourth-order valence-corrected chi connectivity index (χ4v) is 2.09. The predicted octanol–water partition coefficient (Wildman–Crippen LogP) is 2.97. The van der Waals surface area contributed by atoms with Crippen LogP contribution < -0.4 is 5.32 Å². The number of benzene rings is 1. The lowest BCUT2D eigenvalue weighted by Crippen LogP contribution is -2.29. The molecule has 4 nitrogen and oxygen atoms in total. The first-order chi connectivity index (χ1) is 9.94. The molecule has 0 bridgehead atoms. The number of para-hydroxylation sites is 1. The van der Waals surface area contributed by atoms with Crippen molar-refractivity contribution in [3.8, 4) is 5.69 Å². The molecule has 21 heavy (non-hydrogen) atoms. The minimum Gasteiger partial charge on any atom is -0.356 e. The van der Waals surface area contributed by atoms with Gasteiger partial charge in [0, 0.05) is 25.6 Å². The van der Waals surface area contributed by atoms with E-state index in [2.05, 4.69) is 31.2 Å². The first-order valence-corrected chi connectivity index (χ1v) is 7.31. The molecule has 112 valence electrons. The van der Waals surface area contributed by atoms with Crippen LogP contribution in [0.4, 0.5) is 0 Å². The highest BCUT2D eigenvalue weighted by Gasteiger charge is 2.15. The van der Waals surface area contributed by atoms with Gasteiger partial charge in [-0.3, -0.25) is 4.79 Å². The van der Waals surface area contributed by atoms with Crippen molar-refractivity contribution in [2.24, 2.45) is 5.41 Å². The third kappa shape index (κ3) is 5.06. The summed E-state index contributed by atoms with van der Waals surface area (Å²) in [4.78, 5) is 11.7. The van der Waals surface area contributed by atoms with Crippen molar-refractivity contribution in [1.82, 2.24) is 15.1 Å². The van der Waals surface area contributed by atoms with Gasteiger partial charge in [-0.15, -0.1) is 0 Å². The molecule has 0 fully saturated rings. The Morgan fingerprint density at radius 2 is 1.90 bits per heavy atom. The van der Waals surface area contributed by atoms with Crippen molar-refractivity contribution in [3.05, 3.63) is 48.3 Å². The predicted molar refractivity (Wildman–Crippen MR) is 84.3 cm³/mol. The van der Waals surface area contributed by atoms with Crippen molar-refractivity contribution >= 4 is 5.91 Å². The molecule has 0 aliphatic carbocycles. The monoisotopic (exact) mass is 285 g/mol. The Morgan fingerprint density at radius 1 is 1.19 bits per heavy atom. The zero-order chi connectivity index (χ0) is 15.3. The average Bonchev–Trinajstić information content (AvgIpc) is 2.86. The van der Waals surface area contributed by atoms with Crippen LogP contribution >= 0.6 is 0 Å². The summed E-state index contributed by atoms with van der Waals surface area (Å²) in [5.41, 5.74) is 2.05. The highest BCUT2D eigenvalue weighted by atomic mass is 16.1. The largest absolute Gasteiger partial charge is 0.356 e. The molecule has 0 radical (unpaired) electrons. The summed E-state index contributed by atoms with van der Waals surface area (Å²) in [6, 6.07) is 12.0. The zero-order valence-electron chi connectivity index (χ0n) is 13.0. The van der Waals surface area contributed by atoms with Crippen molar-refractivity contribution in [1.29, 1.82) is 0 Å². The highest BCUT2D eigenvalue weighted by Crippen LogP contribution is 2.17. The number of aromatic nitrogens is 2. The van der Waals surface area contributed by atoms with E-state index in [1.807, 2.05) is 47.3 Å². The van der Waals surface area contributed by atoms with Crippen molar-refractivity contribution < 1.29 is 4.79 Å². The molecule has 1 aromatic carbocycles. The van der Waals surface area contributed by atoms with Gasteiger partial charge in [-0.05, 0) is 23.6 Å². The summed E-state index contributed by atoms with van der Waals surface area (Å²) in [6.45, 7) is 6.82. The summed E-state index contributed by atoms with van der Waals surface area (Å²) in [7, 11) is 0. The summed E-state index contributed by atoms with van der Waals surface area (Å²) >= 11 is 0. The Bertz CT molecular complexity index is 582. The molecule has 1 heterocycles. The van der Waals surface area contributed by atoms with Crippen LogP contribution in [0, 0.1) is 5.41 Å². The normalized spacial score (nSPS) is 11.4. The van der Waals surface area contributed by atoms with Gasteiger partial charge in [0.1, 0.15) is 0 Å². The van der Waals surface area contributed by atoms with Crippen LogP contribution in [-0.4, -0.2) is 22.2 Å². The van der Waals surface area contributed by atoms with Crippen molar-refractivity contribution in [2.45, 2.75) is 33.6 Å². The van der Waals surface area contributed by atoms with Crippen molar-refractivity contribution in [3.63, 3.8) is 0 Å². The second-order valence-corrected chi connectivity index (χ2v) is 6.42. The molecule has 2 rings (SSSR count). The lowest BCUT2D eigenvalue weighted by Gasteiger charge is -2.17. The average molecular weight is 285 g/mol. The third-order valence-corrected chi connectivity index (χ3v) is 3.06. The molecule has 1 N–H and O–H groups in total. The quantitative estimate of drug-likeness (QED) is 0.918. The fraction of sp³-hybridized carbons (Fsp3) is 0.412. The minimum absolute atomic E-state index is 0.0268. The molecule has 0 spiro atoms. The van der Waals surface area contributed by atoms with E-state index in [4.69, 9.17) is 0 Å². The second-order valence-electron chi connectivity index (χ2n) is 6.42. The Labute approximate surface area is 126 Å². The van der Waals surface area contributed by atoms with Gasteiger partial charge in [0.2, 0.25) is 5.91 Å². The maximum atomic E-state index is 11.7. The molecule has 0 unspecified atom stereocenters. The molecule has 1 amide bonds. The molecule has 2 aromatic rings. The molecule has 0 saturated carbocycles. The number of amides is 1. The fourth-order valence-electron chi connectivity index (χ4n) is 2.09. The minimum atomic E-state index is 0.0268. The van der Waals surface area contributed by atoms with Crippen LogP contribution in [0.3, 0.4) is 0 Å². The number of carbonyl (C=O) groups is 1. The number of rotatable bonds is 5. The Kier molecular flexibility index (Phi) is 4.78. The SMILES string of the molecule is CC(C)(C)CC(=O)NCCc1ccn(-c2ccccc2)n1. The summed E-state index contributed by atoms with van der Waals surface area (Å²) in [5.74, 6) is 0.102. The van der Waals surface area contributed by atoms with Gasteiger partial charge in [-0.25, -0.2) is 4.68 Å². The lowest BCUT2D eigenvalue weighted by atomic mass is 9.92.